The average molecular weight is 333 g/mol. The van der Waals surface area contributed by atoms with Crippen molar-refractivity contribution in [2.75, 3.05) is 11.4 Å². The Morgan fingerprint density at radius 2 is 1.72 bits per heavy atom. The van der Waals surface area contributed by atoms with Gasteiger partial charge in [0.15, 0.2) is 5.69 Å². The Labute approximate surface area is 143 Å². The van der Waals surface area contributed by atoms with Gasteiger partial charge in [-0.05, 0) is 29.8 Å². The van der Waals surface area contributed by atoms with Crippen molar-refractivity contribution in [2.45, 2.75) is 5.92 Å². The minimum atomic E-state index is -0.933. The third-order valence-corrected chi connectivity index (χ3v) is 4.34. The molecule has 0 radical (unpaired) electrons. The molecule has 6 nitrogen and oxygen atoms in total. The van der Waals surface area contributed by atoms with E-state index in [9.17, 15) is 14.7 Å². The summed E-state index contributed by atoms with van der Waals surface area (Å²) in [5.74, 6) is -1.94. The number of carboxylic acid groups (broad SMARTS) is 1. The third-order valence-electron chi connectivity index (χ3n) is 4.34. The van der Waals surface area contributed by atoms with E-state index in [-0.39, 0.29) is 18.1 Å². The molecule has 1 unspecified atom stereocenters. The van der Waals surface area contributed by atoms with Crippen molar-refractivity contribution in [3.8, 4) is 5.69 Å². The first-order valence-corrected chi connectivity index (χ1v) is 7.90. The predicted octanol–water partition coefficient (Wildman–Crippen LogP) is 2.70. The number of amides is 1. The molecule has 6 heteroatoms. The standard InChI is InChI=1S/C19H15N3O3/c23-18(16-10-11-22(20-16)13-6-2-1-3-7-13)21-12-15(19(24)25)14-8-4-5-9-17(14)21/h1-11,15H,12H2,(H,24,25). The molecule has 0 aliphatic carbocycles. The second kappa shape index (κ2) is 5.90. The molecule has 2 heterocycles. The summed E-state index contributed by atoms with van der Waals surface area (Å²) >= 11 is 0. The number of carboxylic acids is 1. The number of fused-ring (bicyclic) bond motifs is 1. The topological polar surface area (TPSA) is 75.4 Å². The van der Waals surface area contributed by atoms with Crippen molar-refractivity contribution >= 4 is 17.6 Å². The van der Waals surface area contributed by atoms with E-state index in [0.29, 0.717) is 11.3 Å². The van der Waals surface area contributed by atoms with E-state index >= 15 is 0 Å². The van der Waals surface area contributed by atoms with Gasteiger partial charge in [0, 0.05) is 18.4 Å². The highest BCUT2D eigenvalue weighted by atomic mass is 16.4. The second-order valence-corrected chi connectivity index (χ2v) is 5.85. The van der Waals surface area contributed by atoms with Crippen LogP contribution in [0.15, 0.2) is 66.9 Å². The molecule has 1 N–H and O–H groups in total. The van der Waals surface area contributed by atoms with Crippen LogP contribution in [0.2, 0.25) is 0 Å². The first-order chi connectivity index (χ1) is 12.1. The van der Waals surface area contributed by atoms with Gasteiger partial charge in [-0.2, -0.15) is 5.10 Å². The van der Waals surface area contributed by atoms with Gasteiger partial charge in [0.1, 0.15) is 5.92 Å². The lowest BCUT2D eigenvalue weighted by Gasteiger charge is -2.16. The largest absolute Gasteiger partial charge is 0.481 e. The zero-order valence-corrected chi connectivity index (χ0v) is 13.2. The Hall–Kier alpha value is -3.41. The molecule has 0 bridgehead atoms. The number of benzene rings is 2. The zero-order chi connectivity index (χ0) is 17.4. The fourth-order valence-electron chi connectivity index (χ4n) is 3.11. The Morgan fingerprint density at radius 3 is 2.48 bits per heavy atom. The van der Waals surface area contributed by atoms with E-state index in [1.807, 2.05) is 30.3 Å². The van der Waals surface area contributed by atoms with Crippen LogP contribution in [0.25, 0.3) is 5.69 Å². The van der Waals surface area contributed by atoms with Crippen LogP contribution in [-0.4, -0.2) is 33.3 Å². The van der Waals surface area contributed by atoms with E-state index in [0.717, 1.165) is 5.69 Å². The number of aromatic nitrogens is 2. The molecule has 25 heavy (non-hydrogen) atoms. The van der Waals surface area contributed by atoms with Crippen molar-refractivity contribution < 1.29 is 14.7 Å². The summed E-state index contributed by atoms with van der Waals surface area (Å²) in [6.45, 7) is 0.117. The van der Waals surface area contributed by atoms with E-state index in [4.69, 9.17) is 0 Å². The Balaban J connectivity index is 1.66. The van der Waals surface area contributed by atoms with E-state index in [1.165, 1.54) is 4.90 Å². The van der Waals surface area contributed by atoms with Crippen molar-refractivity contribution in [3.63, 3.8) is 0 Å². The summed E-state index contributed by atoms with van der Waals surface area (Å²) in [4.78, 5) is 25.9. The van der Waals surface area contributed by atoms with Crippen LogP contribution in [0.3, 0.4) is 0 Å². The summed E-state index contributed by atoms with van der Waals surface area (Å²) < 4.78 is 1.63. The van der Waals surface area contributed by atoms with Crippen LogP contribution < -0.4 is 4.90 Å². The van der Waals surface area contributed by atoms with Gasteiger partial charge in [0.25, 0.3) is 5.91 Å². The molecule has 0 fully saturated rings. The van der Waals surface area contributed by atoms with Crippen molar-refractivity contribution in [3.05, 3.63) is 78.1 Å². The normalized spacial score (nSPS) is 15.8. The average Bonchev–Trinajstić information content (AvgIpc) is 3.27. The summed E-state index contributed by atoms with van der Waals surface area (Å²) in [7, 11) is 0. The van der Waals surface area contributed by atoms with Gasteiger partial charge < -0.3 is 10.0 Å². The Morgan fingerprint density at radius 1 is 1.00 bits per heavy atom. The molecule has 4 rings (SSSR count). The molecule has 124 valence electrons. The van der Waals surface area contributed by atoms with Gasteiger partial charge >= 0.3 is 5.97 Å². The lowest BCUT2D eigenvalue weighted by Crippen LogP contribution is -2.31. The van der Waals surface area contributed by atoms with Gasteiger partial charge in [-0.3, -0.25) is 9.59 Å². The van der Waals surface area contributed by atoms with E-state index < -0.39 is 11.9 Å². The highest BCUT2D eigenvalue weighted by Crippen LogP contribution is 2.36. The van der Waals surface area contributed by atoms with Crippen LogP contribution in [0, 0.1) is 0 Å². The molecule has 1 aliphatic rings. The quantitative estimate of drug-likeness (QED) is 0.799. The fourth-order valence-corrected chi connectivity index (χ4v) is 3.11. The molecule has 0 saturated heterocycles. The lowest BCUT2D eigenvalue weighted by molar-refractivity contribution is -0.138. The minimum absolute atomic E-state index is 0.117. The van der Waals surface area contributed by atoms with Crippen molar-refractivity contribution in [1.29, 1.82) is 0 Å². The van der Waals surface area contributed by atoms with Crippen LogP contribution in [0.5, 0.6) is 0 Å². The maximum Gasteiger partial charge on any atom is 0.312 e. The Kier molecular flexibility index (Phi) is 3.57. The maximum atomic E-state index is 12.9. The first kappa shape index (κ1) is 15.1. The van der Waals surface area contributed by atoms with Crippen LogP contribution in [0.4, 0.5) is 5.69 Å². The van der Waals surface area contributed by atoms with Gasteiger partial charge in [0.2, 0.25) is 0 Å². The van der Waals surface area contributed by atoms with Gasteiger partial charge in [-0.1, -0.05) is 36.4 Å². The van der Waals surface area contributed by atoms with Gasteiger partial charge in [0.05, 0.1) is 5.69 Å². The molecule has 1 aliphatic heterocycles. The second-order valence-electron chi connectivity index (χ2n) is 5.85. The molecular weight excluding hydrogens is 318 g/mol. The molecular formula is C19H15N3O3. The zero-order valence-electron chi connectivity index (χ0n) is 13.2. The molecule has 3 aromatic rings. The number of anilines is 1. The van der Waals surface area contributed by atoms with Crippen LogP contribution in [0.1, 0.15) is 22.0 Å². The third kappa shape index (κ3) is 2.57. The summed E-state index contributed by atoms with van der Waals surface area (Å²) in [6.07, 6.45) is 1.72. The fraction of sp³-hybridized carbons (Fsp3) is 0.105. The SMILES string of the molecule is O=C(O)C1CN(C(=O)c2ccn(-c3ccccc3)n2)c2ccccc21. The van der Waals surface area contributed by atoms with Crippen LogP contribution >= 0.6 is 0 Å². The number of carbonyl (C=O) groups is 2. The molecule has 2 aromatic carbocycles. The summed E-state index contributed by atoms with van der Waals surface area (Å²) in [5, 5.41) is 13.8. The molecule has 0 spiro atoms. The number of para-hydroxylation sites is 2. The number of aliphatic carboxylic acids is 1. The monoisotopic (exact) mass is 333 g/mol. The predicted molar refractivity (Wildman–Crippen MR) is 92.1 cm³/mol. The number of hydrogen-bond acceptors (Lipinski definition) is 3. The smallest absolute Gasteiger partial charge is 0.312 e. The van der Waals surface area contributed by atoms with Gasteiger partial charge in [-0.25, -0.2) is 4.68 Å². The Bertz CT molecular complexity index is 949. The highest BCUT2D eigenvalue weighted by Gasteiger charge is 2.37. The number of nitrogens with zero attached hydrogens (tertiary/aromatic N) is 3. The highest BCUT2D eigenvalue weighted by molar-refractivity contribution is 6.07. The van der Waals surface area contributed by atoms with Crippen molar-refractivity contribution in [2.24, 2.45) is 0 Å². The minimum Gasteiger partial charge on any atom is -0.481 e. The molecule has 1 amide bonds. The lowest BCUT2D eigenvalue weighted by atomic mass is 10.0. The first-order valence-electron chi connectivity index (χ1n) is 7.90. The molecule has 1 atom stereocenters. The number of hydrogen-bond donors (Lipinski definition) is 1. The number of rotatable bonds is 3. The van der Waals surface area contributed by atoms with Crippen molar-refractivity contribution in [1.82, 2.24) is 9.78 Å². The molecule has 0 saturated carbocycles. The van der Waals surface area contributed by atoms with Crippen LogP contribution in [-0.2, 0) is 4.79 Å². The number of carbonyl (C=O) groups excluding carboxylic acids is 1. The van der Waals surface area contributed by atoms with Gasteiger partial charge in [-0.15, -0.1) is 0 Å². The summed E-state index contributed by atoms with van der Waals surface area (Å²) in [6, 6.07) is 18.2. The van der Waals surface area contributed by atoms with E-state index in [2.05, 4.69) is 5.10 Å². The maximum absolute atomic E-state index is 12.9. The molecule has 1 aromatic heterocycles. The van der Waals surface area contributed by atoms with E-state index in [1.54, 1.807) is 41.2 Å². The summed E-state index contributed by atoms with van der Waals surface area (Å²) in [5.41, 5.74) is 2.43.